The lowest BCUT2D eigenvalue weighted by Gasteiger charge is -2.19. The van der Waals surface area contributed by atoms with Crippen LogP contribution in [0.5, 0.6) is 11.5 Å². The molecule has 0 bridgehead atoms. The van der Waals surface area contributed by atoms with Gasteiger partial charge in [-0.2, -0.15) is 10.4 Å². The summed E-state index contributed by atoms with van der Waals surface area (Å²) in [5.74, 6) is 2.41. The van der Waals surface area contributed by atoms with E-state index in [1.807, 2.05) is 31.3 Å². The lowest BCUT2D eigenvalue weighted by molar-refractivity contribution is 0.232. The summed E-state index contributed by atoms with van der Waals surface area (Å²) in [6.07, 6.45) is 5.19. The molecule has 1 saturated carbocycles. The van der Waals surface area contributed by atoms with Crippen molar-refractivity contribution in [1.82, 2.24) is 25.5 Å². The molecule has 0 amide bonds. The fraction of sp³-hybridized carbons (Fsp3) is 0.333. The molecule has 0 atom stereocenters. The van der Waals surface area contributed by atoms with E-state index in [9.17, 15) is 0 Å². The quantitative estimate of drug-likeness (QED) is 0.421. The third-order valence-corrected chi connectivity index (χ3v) is 5.62. The highest BCUT2D eigenvalue weighted by Crippen LogP contribution is 2.47. The average Bonchev–Trinajstić information content (AvgIpc) is 3.40. The van der Waals surface area contributed by atoms with Crippen molar-refractivity contribution in [1.29, 1.82) is 5.26 Å². The molecule has 31 heavy (non-hydrogen) atoms. The van der Waals surface area contributed by atoms with Crippen LogP contribution in [0.4, 0.5) is 11.6 Å². The van der Waals surface area contributed by atoms with Crippen LogP contribution in [-0.2, 0) is 0 Å². The number of hydrogen-bond donors (Lipinski definition) is 3. The van der Waals surface area contributed by atoms with E-state index in [0.717, 1.165) is 35.1 Å². The van der Waals surface area contributed by atoms with E-state index in [2.05, 4.69) is 46.7 Å². The number of anilines is 2. The highest BCUT2D eigenvalue weighted by Gasteiger charge is 2.43. The smallest absolute Gasteiger partial charge is 0.158 e. The Morgan fingerprint density at radius 1 is 1.19 bits per heavy atom. The van der Waals surface area contributed by atoms with Gasteiger partial charge in [0.1, 0.15) is 23.4 Å². The zero-order chi connectivity index (χ0) is 21.8. The van der Waals surface area contributed by atoms with Gasteiger partial charge in [0.25, 0.3) is 0 Å². The summed E-state index contributed by atoms with van der Waals surface area (Å²) in [5, 5.41) is 22.5. The molecule has 3 aromatic rings. The van der Waals surface area contributed by atoms with E-state index in [0.29, 0.717) is 29.7 Å². The summed E-state index contributed by atoms with van der Waals surface area (Å²) in [5.41, 5.74) is 1.97. The molecule has 0 saturated heterocycles. The molecule has 0 unspecified atom stereocenters. The fourth-order valence-corrected chi connectivity index (χ4v) is 3.76. The molecule has 1 aliphatic carbocycles. The first-order valence-electron chi connectivity index (χ1n) is 9.76. The number of H-pyrrole nitrogens is 1. The van der Waals surface area contributed by atoms with Gasteiger partial charge < -0.3 is 20.1 Å². The maximum absolute atomic E-state index is 8.85. The topological polar surface area (TPSA) is 121 Å². The molecular weight excluding hydrogens is 462 g/mol. The van der Waals surface area contributed by atoms with Crippen LogP contribution in [0.15, 0.2) is 35.1 Å². The van der Waals surface area contributed by atoms with Gasteiger partial charge in [-0.3, -0.25) is 5.10 Å². The van der Waals surface area contributed by atoms with Gasteiger partial charge in [-0.25, -0.2) is 9.97 Å². The first-order valence-corrected chi connectivity index (χ1v) is 10.5. The first-order chi connectivity index (χ1) is 15.1. The highest BCUT2D eigenvalue weighted by atomic mass is 79.9. The maximum atomic E-state index is 8.85. The van der Waals surface area contributed by atoms with E-state index < -0.39 is 0 Å². The highest BCUT2D eigenvalue weighted by molar-refractivity contribution is 9.10. The van der Waals surface area contributed by atoms with Gasteiger partial charge in [-0.05, 0) is 32.0 Å². The van der Waals surface area contributed by atoms with Gasteiger partial charge in [-0.15, -0.1) is 0 Å². The molecule has 4 rings (SSSR count). The second-order valence-corrected chi connectivity index (χ2v) is 8.41. The molecule has 1 aliphatic rings. The van der Waals surface area contributed by atoms with Crippen LogP contribution in [-0.4, -0.2) is 47.5 Å². The Bertz CT molecular complexity index is 1100. The number of halogens is 1. The molecule has 0 spiro atoms. The van der Waals surface area contributed by atoms with Crippen LogP contribution in [0.2, 0.25) is 0 Å². The summed E-state index contributed by atoms with van der Waals surface area (Å²) < 4.78 is 12.8. The summed E-state index contributed by atoms with van der Waals surface area (Å²) in [7, 11) is 3.59. The number of aromatic nitrogens is 4. The van der Waals surface area contributed by atoms with E-state index in [1.54, 1.807) is 7.11 Å². The summed E-state index contributed by atoms with van der Waals surface area (Å²) in [6, 6.07) is 7.62. The van der Waals surface area contributed by atoms with Crippen molar-refractivity contribution >= 4 is 27.6 Å². The number of nitriles is 1. The molecule has 3 N–H and O–H groups in total. The van der Waals surface area contributed by atoms with Crippen LogP contribution in [0, 0.1) is 16.7 Å². The third-order valence-electron chi connectivity index (χ3n) is 5.16. The monoisotopic (exact) mass is 483 g/mol. The van der Waals surface area contributed by atoms with Gasteiger partial charge in [-0.1, -0.05) is 15.9 Å². The molecular formula is C21H22BrN7O2. The Labute approximate surface area is 188 Å². The number of benzene rings is 1. The number of rotatable bonds is 9. The van der Waals surface area contributed by atoms with Crippen LogP contribution >= 0.6 is 15.9 Å². The number of nitrogens with one attached hydrogen (secondary N) is 3. The molecule has 160 valence electrons. The summed E-state index contributed by atoms with van der Waals surface area (Å²) in [6.45, 7) is 1.55. The van der Waals surface area contributed by atoms with Crippen molar-refractivity contribution in [2.45, 2.75) is 12.8 Å². The third kappa shape index (κ3) is 4.78. The van der Waals surface area contributed by atoms with E-state index in [-0.39, 0.29) is 11.1 Å². The number of hydrogen-bond acceptors (Lipinski definition) is 8. The number of ether oxygens (including phenoxy) is 2. The molecule has 0 aliphatic heterocycles. The Kier molecular flexibility index (Phi) is 6.06. The zero-order valence-electron chi connectivity index (χ0n) is 17.2. The Balaban J connectivity index is 1.60. The Morgan fingerprint density at radius 2 is 2.00 bits per heavy atom. The number of aromatic amines is 1. The predicted octanol–water partition coefficient (Wildman–Crippen LogP) is 3.63. The van der Waals surface area contributed by atoms with Crippen molar-refractivity contribution in [3.05, 3.63) is 40.8 Å². The molecule has 1 aromatic carbocycles. The minimum atomic E-state index is 0.191. The summed E-state index contributed by atoms with van der Waals surface area (Å²) in [4.78, 5) is 8.16. The lowest BCUT2D eigenvalue weighted by Crippen LogP contribution is -2.25. The van der Waals surface area contributed by atoms with E-state index in [1.165, 1.54) is 12.4 Å². The van der Waals surface area contributed by atoms with Gasteiger partial charge in [0.05, 0.1) is 37.4 Å². The normalized spacial score (nSPS) is 14.0. The van der Waals surface area contributed by atoms with Crippen LogP contribution in [0.25, 0.3) is 11.3 Å². The molecule has 2 aromatic heterocycles. The van der Waals surface area contributed by atoms with Gasteiger partial charge in [0.2, 0.25) is 0 Å². The van der Waals surface area contributed by atoms with E-state index >= 15 is 0 Å². The second-order valence-electron chi connectivity index (χ2n) is 7.49. The first kappa shape index (κ1) is 21.1. The Hall–Kier alpha value is -3.16. The molecule has 1 fully saturated rings. The predicted molar refractivity (Wildman–Crippen MR) is 119 cm³/mol. The van der Waals surface area contributed by atoms with Gasteiger partial charge in [0.15, 0.2) is 11.5 Å². The van der Waals surface area contributed by atoms with E-state index in [4.69, 9.17) is 14.7 Å². The molecule has 2 heterocycles. The standard InChI is InChI=1S/C21H22BrN7O2/c1-24-11-21(3-4-21)12-31-17-6-13(22)5-16(30-2)20(17)15-7-18(29-28-15)27-19-10-25-14(8-23)9-26-19/h5-7,9-10,24H,3-4,11-12H2,1-2H3,(H2,26,27,28,29). The second kappa shape index (κ2) is 8.91. The molecule has 10 heteroatoms. The van der Waals surface area contributed by atoms with Crippen molar-refractivity contribution in [3.8, 4) is 28.8 Å². The van der Waals surface area contributed by atoms with Gasteiger partial charge >= 0.3 is 0 Å². The lowest BCUT2D eigenvalue weighted by atomic mass is 10.1. The average molecular weight is 484 g/mol. The minimum Gasteiger partial charge on any atom is -0.496 e. The van der Waals surface area contributed by atoms with Crippen molar-refractivity contribution in [2.75, 3.05) is 32.6 Å². The zero-order valence-corrected chi connectivity index (χ0v) is 18.8. The Morgan fingerprint density at radius 3 is 2.65 bits per heavy atom. The van der Waals surface area contributed by atoms with Crippen LogP contribution in [0.3, 0.4) is 0 Å². The van der Waals surface area contributed by atoms with Gasteiger partial charge in [0, 0.05) is 22.5 Å². The van der Waals surface area contributed by atoms with Crippen LogP contribution in [0.1, 0.15) is 18.5 Å². The SMILES string of the molecule is CNCC1(COc2cc(Br)cc(OC)c2-c2cc(Nc3cnc(C#N)cn3)n[nH]2)CC1. The maximum Gasteiger partial charge on any atom is 0.158 e. The van der Waals surface area contributed by atoms with Crippen molar-refractivity contribution in [2.24, 2.45) is 5.41 Å². The van der Waals surface area contributed by atoms with Crippen molar-refractivity contribution < 1.29 is 9.47 Å². The number of nitrogens with zero attached hydrogens (tertiary/aromatic N) is 4. The fourth-order valence-electron chi connectivity index (χ4n) is 3.35. The summed E-state index contributed by atoms with van der Waals surface area (Å²) >= 11 is 3.54. The molecule has 9 nitrogen and oxygen atoms in total. The van der Waals surface area contributed by atoms with Crippen LogP contribution < -0.4 is 20.1 Å². The molecule has 0 radical (unpaired) electrons. The largest absolute Gasteiger partial charge is 0.496 e. The minimum absolute atomic E-state index is 0.191. The number of methoxy groups -OCH3 is 1. The van der Waals surface area contributed by atoms with Crippen molar-refractivity contribution in [3.63, 3.8) is 0 Å².